The van der Waals surface area contributed by atoms with Gasteiger partial charge >= 0.3 is 0 Å². The number of carbonyl (C=O) groups excluding carboxylic acids is 1. The molecule has 0 spiro atoms. The van der Waals surface area contributed by atoms with Crippen LogP contribution >= 0.6 is 24.8 Å². The standard InChI is InChI=1S/C16H22N4O2.2ClH/c1-11(12(2)17)16(21)19-13-4-6-14(7-5-13)22-10-15-18-8-9-20(15)3;;/h4-9,11-12H,10,17H2,1-3H3,(H,19,21);2*1H. The molecule has 1 aromatic heterocycles. The van der Waals surface area contributed by atoms with E-state index < -0.39 is 0 Å². The molecule has 6 nitrogen and oxygen atoms in total. The number of benzene rings is 1. The number of imidazole rings is 1. The number of carbonyl (C=O) groups is 1. The second kappa shape index (κ2) is 10.2. The molecular formula is C16H24Cl2N4O2. The molecule has 0 fully saturated rings. The van der Waals surface area contributed by atoms with E-state index in [9.17, 15) is 4.79 Å². The highest BCUT2D eigenvalue weighted by atomic mass is 35.5. The molecule has 0 saturated heterocycles. The van der Waals surface area contributed by atoms with Crippen LogP contribution in [0.3, 0.4) is 0 Å². The predicted molar refractivity (Wildman–Crippen MR) is 99.9 cm³/mol. The monoisotopic (exact) mass is 374 g/mol. The van der Waals surface area contributed by atoms with Gasteiger partial charge in [-0.25, -0.2) is 4.98 Å². The van der Waals surface area contributed by atoms with E-state index in [1.807, 2.05) is 43.8 Å². The summed E-state index contributed by atoms with van der Waals surface area (Å²) in [5, 5.41) is 2.84. The van der Waals surface area contributed by atoms with E-state index >= 15 is 0 Å². The molecule has 134 valence electrons. The second-order valence-corrected chi connectivity index (χ2v) is 5.40. The summed E-state index contributed by atoms with van der Waals surface area (Å²) >= 11 is 0. The zero-order chi connectivity index (χ0) is 16.1. The molecule has 2 aromatic rings. The van der Waals surface area contributed by atoms with Crippen molar-refractivity contribution in [1.82, 2.24) is 9.55 Å². The van der Waals surface area contributed by atoms with E-state index in [4.69, 9.17) is 10.5 Å². The number of nitrogens with two attached hydrogens (primary N) is 1. The minimum absolute atomic E-state index is 0. The lowest BCUT2D eigenvalue weighted by Gasteiger charge is -2.15. The van der Waals surface area contributed by atoms with Crippen LogP contribution in [-0.2, 0) is 18.4 Å². The van der Waals surface area contributed by atoms with E-state index in [2.05, 4.69) is 10.3 Å². The molecule has 0 aliphatic carbocycles. The number of rotatable bonds is 6. The number of hydrogen-bond donors (Lipinski definition) is 2. The topological polar surface area (TPSA) is 82.2 Å². The van der Waals surface area contributed by atoms with Crippen molar-refractivity contribution in [2.24, 2.45) is 18.7 Å². The maximum absolute atomic E-state index is 11.9. The zero-order valence-corrected chi connectivity index (χ0v) is 15.6. The van der Waals surface area contributed by atoms with Gasteiger partial charge in [0.1, 0.15) is 18.2 Å². The number of ether oxygens (including phenoxy) is 1. The third-order valence-electron chi connectivity index (χ3n) is 3.61. The van der Waals surface area contributed by atoms with Crippen molar-refractivity contribution < 1.29 is 9.53 Å². The number of aryl methyl sites for hydroxylation is 1. The lowest BCUT2D eigenvalue weighted by atomic mass is 10.0. The number of nitrogens with one attached hydrogen (secondary N) is 1. The van der Waals surface area contributed by atoms with E-state index in [0.717, 1.165) is 17.3 Å². The summed E-state index contributed by atoms with van der Waals surface area (Å²) in [5.41, 5.74) is 6.45. The van der Waals surface area contributed by atoms with E-state index in [1.54, 1.807) is 18.3 Å². The Labute approximate surface area is 154 Å². The largest absolute Gasteiger partial charge is 0.486 e. The minimum atomic E-state index is -0.237. The lowest BCUT2D eigenvalue weighted by Crippen LogP contribution is -2.34. The van der Waals surface area contributed by atoms with Gasteiger partial charge in [0, 0.05) is 31.2 Å². The summed E-state index contributed by atoms with van der Waals surface area (Å²) in [6, 6.07) is 7.06. The Morgan fingerprint density at radius 3 is 2.42 bits per heavy atom. The molecule has 3 N–H and O–H groups in total. The van der Waals surface area contributed by atoms with Crippen LogP contribution in [0.4, 0.5) is 5.69 Å². The van der Waals surface area contributed by atoms with Gasteiger partial charge in [-0.3, -0.25) is 4.79 Å². The van der Waals surface area contributed by atoms with Gasteiger partial charge in [0.05, 0.1) is 5.92 Å². The molecular weight excluding hydrogens is 351 g/mol. The smallest absolute Gasteiger partial charge is 0.228 e. The van der Waals surface area contributed by atoms with Crippen molar-refractivity contribution in [2.45, 2.75) is 26.5 Å². The van der Waals surface area contributed by atoms with Gasteiger partial charge < -0.3 is 20.4 Å². The highest BCUT2D eigenvalue weighted by Crippen LogP contribution is 2.17. The minimum Gasteiger partial charge on any atom is -0.486 e. The molecule has 0 bridgehead atoms. The summed E-state index contributed by atoms with van der Waals surface area (Å²) < 4.78 is 7.57. The van der Waals surface area contributed by atoms with E-state index in [1.165, 1.54) is 0 Å². The molecule has 1 aromatic carbocycles. The van der Waals surface area contributed by atoms with Crippen molar-refractivity contribution >= 4 is 36.4 Å². The maximum atomic E-state index is 11.9. The summed E-state index contributed by atoms with van der Waals surface area (Å²) in [4.78, 5) is 16.1. The first-order chi connectivity index (χ1) is 10.5. The Morgan fingerprint density at radius 1 is 1.29 bits per heavy atom. The van der Waals surface area contributed by atoms with Crippen LogP contribution in [0.15, 0.2) is 36.7 Å². The fourth-order valence-corrected chi connectivity index (χ4v) is 1.81. The van der Waals surface area contributed by atoms with Gasteiger partial charge in [0.15, 0.2) is 0 Å². The van der Waals surface area contributed by atoms with Gasteiger partial charge in [0.25, 0.3) is 0 Å². The first-order valence-electron chi connectivity index (χ1n) is 7.23. The maximum Gasteiger partial charge on any atom is 0.228 e. The van der Waals surface area contributed by atoms with Gasteiger partial charge in [-0.05, 0) is 31.2 Å². The first-order valence-corrected chi connectivity index (χ1v) is 7.23. The van der Waals surface area contributed by atoms with Crippen molar-refractivity contribution in [2.75, 3.05) is 5.32 Å². The Morgan fingerprint density at radius 2 is 1.92 bits per heavy atom. The van der Waals surface area contributed by atoms with Gasteiger partial charge in [-0.2, -0.15) is 0 Å². The van der Waals surface area contributed by atoms with Crippen LogP contribution in [0, 0.1) is 5.92 Å². The molecule has 1 heterocycles. The molecule has 0 aliphatic heterocycles. The van der Waals surface area contributed by atoms with Crippen LogP contribution < -0.4 is 15.8 Å². The third-order valence-corrected chi connectivity index (χ3v) is 3.61. The lowest BCUT2D eigenvalue weighted by molar-refractivity contribution is -0.119. The fraction of sp³-hybridized carbons (Fsp3) is 0.375. The summed E-state index contributed by atoms with van der Waals surface area (Å²) in [7, 11) is 1.92. The number of hydrogen-bond acceptors (Lipinski definition) is 4. The van der Waals surface area contributed by atoms with Gasteiger partial charge in [0.2, 0.25) is 5.91 Å². The Balaban J connectivity index is 0.00000264. The quantitative estimate of drug-likeness (QED) is 0.814. The van der Waals surface area contributed by atoms with Crippen molar-refractivity contribution in [1.29, 1.82) is 0 Å². The number of anilines is 1. The number of nitrogens with zero attached hydrogens (tertiary/aromatic N) is 2. The van der Waals surface area contributed by atoms with Gasteiger partial charge in [-0.1, -0.05) is 6.92 Å². The molecule has 1 amide bonds. The number of amides is 1. The van der Waals surface area contributed by atoms with Crippen molar-refractivity contribution in [3.05, 3.63) is 42.5 Å². The number of aromatic nitrogens is 2. The van der Waals surface area contributed by atoms with Crippen LogP contribution in [0.2, 0.25) is 0 Å². The average molecular weight is 375 g/mol. The highest BCUT2D eigenvalue weighted by molar-refractivity contribution is 5.92. The molecule has 2 rings (SSSR count). The summed E-state index contributed by atoms with van der Waals surface area (Å²) in [6.07, 6.45) is 3.61. The Kier molecular flexibility index (Phi) is 9.43. The molecule has 2 unspecified atom stereocenters. The van der Waals surface area contributed by atoms with Crippen LogP contribution in [-0.4, -0.2) is 21.5 Å². The third kappa shape index (κ3) is 6.03. The SMILES string of the molecule is CC(N)C(C)C(=O)Nc1ccc(OCc2nccn2C)cc1.Cl.Cl. The molecule has 2 atom stereocenters. The molecule has 24 heavy (non-hydrogen) atoms. The van der Waals surface area contributed by atoms with Crippen LogP contribution in [0.1, 0.15) is 19.7 Å². The number of halogens is 2. The normalized spacial score (nSPS) is 12.3. The fourth-order valence-electron chi connectivity index (χ4n) is 1.81. The van der Waals surface area contributed by atoms with Gasteiger partial charge in [-0.15, -0.1) is 24.8 Å². The second-order valence-electron chi connectivity index (χ2n) is 5.40. The molecule has 0 saturated carbocycles. The average Bonchev–Trinajstić information content (AvgIpc) is 2.91. The zero-order valence-electron chi connectivity index (χ0n) is 13.9. The Hall–Kier alpha value is -1.76. The summed E-state index contributed by atoms with van der Waals surface area (Å²) in [5.74, 6) is 1.25. The molecule has 8 heteroatoms. The van der Waals surface area contributed by atoms with Crippen molar-refractivity contribution in [3.8, 4) is 5.75 Å². The molecule has 0 radical (unpaired) electrons. The van der Waals surface area contributed by atoms with Crippen LogP contribution in [0.5, 0.6) is 5.75 Å². The van der Waals surface area contributed by atoms with E-state index in [-0.39, 0.29) is 42.7 Å². The van der Waals surface area contributed by atoms with Crippen molar-refractivity contribution in [3.63, 3.8) is 0 Å². The Bertz CT molecular complexity index is 629. The van der Waals surface area contributed by atoms with E-state index in [0.29, 0.717) is 6.61 Å². The highest BCUT2D eigenvalue weighted by Gasteiger charge is 2.16. The first kappa shape index (κ1) is 22.2. The summed E-state index contributed by atoms with van der Waals surface area (Å²) in [6.45, 7) is 4.03. The molecule has 0 aliphatic rings. The predicted octanol–water partition coefficient (Wildman–Crippen LogP) is 2.76. The van der Waals surface area contributed by atoms with Crippen LogP contribution in [0.25, 0.3) is 0 Å².